The highest BCUT2D eigenvalue weighted by Crippen LogP contribution is 2.23. The molecule has 1 heterocycles. The molecule has 0 aromatic heterocycles. The highest BCUT2D eigenvalue weighted by atomic mass is 16.2. The van der Waals surface area contributed by atoms with Crippen molar-refractivity contribution in [2.45, 2.75) is 19.8 Å². The van der Waals surface area contributed by atoms with Crippen molar-refractivity contribution in [2.24, 2.45) is 11.7 Å². The van der Waals surface area contributed by atoms with Gasteiger partial charge >= 0.3 is 0 Å². The minimum Gasteiger partial charge on any atom is -0.399 e. The summed E-state index contributed by atoms with van der Waals surface area (Å²) in [6, 6.07) is 12.0. The SMILES string of the molecule is Cc1ccc(N)cc1C(=O)Nc1ccccc1C(=O)N1CCC(C(N)=O)CC1. The smallest absolute Gasteiger partial charge is 0.256 e. The summed E-state index contributed by atoms with van der Waals surface area (Å²) >= 11 is 0. The van der Waals surface area contributed by atoms with E-state index in [-0.39, 0.29) is 23.6 Å². The van der Waals surface area contributed by atoms with Crippen molar-refractivity contribution in [1.29, 1.82) is 0 Å². The summed E-state index contributed by atoms with van der Waals surface area (Å²) in [6.07, 6.45) is 1.11. The van der Waals surface area contributed by atoms with Crippen LogP contribution in [0.3, 0.4) is 0 Å². The van der Waals surface area contributed by atoms with Gasteiger partial charge in [-0.25, -0.2) is 0 Å². The Bertz CT molecular complexity index is 918. The van der Waals surface area contributed by atoms with Gasteiger partial charge in [-0.2, -0.15) is 0 Å². The van der Waals surface area contributed by atoms with Crippen LogP contribution in [0.5, 0.6) is 0 Å². The fourth-order valence-electron chi connectivity index (χ4n) is 3.39. The van der Waals surface area contributed by atoms with Crippen LogP contribution in [0, 0.1) is 12.8 Å². The number of rotatable bonds is 4. The van der Waals surface area contributed by atoms with Crippen LogP contribution < -0.4 is 16.8 Å². The van der Waals surface area contributed by atoms with Gasteiger partial charge in [0.2, 0.25) is 5.91 Å². The van der Waals surface area contributed by atoms with E-state index in [9.17, 15) is 14.4 Å². The number of nitrogens with one attached hydrogen (secondary N) is 1. The third kappa shape index (κ3) is 4.14. The van der Waals surface area contributed by atoms with E-state index in [0.717, 1.165) is 5.56 Å². The summed E-state index contributed by atoms with van der Waals surface area (Å²) in [5.41, 5.74) is 13.8. The fourth-order valence-corrected chi connectivity index (χ4v) is 3.39. The first-order chi connectivity index (χ1) is 13.4. The molecule has 0 unspecified atom stereocenters. The predicted octanol–water partition coefficient (Wildman–Crippen LogP) is 2.17. The first-order valence-corrected chi connectivity index (χ1v) is 9.22. The number of nitrogens with zero attached hydrogens (tertiary/aromatic N) is 1. The lowest BCUT2D eigenvalue weighted by atomic mass is 9.95. The highest BCUT2D eigenvalue weighted by Gasteiger charge is 2.27. The Morgan fingerprint density at radius 1 is 1.04 bits per heavy atom. The van der Waals surface area contributed by atoms with E-state index in [2.05, 4.69) is 5.32 Å². The first-order valence-electron chi connectivity index (χ1n) is 9.22. The normalized spacial score (nSPS) is 14.5. The molecule has 0 spiro atoms. The minimum atomic E-state index is -0.322. The van der Waals surface area contributed by atoms with Crippen molar-refractivity contribution >= 4 is 29.1 Å². The molecule has 0 aliphatic carbocycles. The number of carbonyl (C=O) groups is 3. The van der Waals surface area contributed by atoms with Crippen molar-refractivity contribution in [3.8, 4) is 0 Å². The lowest BCUT2D eigenvalue weighted by Crippen LogP contribution is -2.42. The zero-order valence-corrected chi connectivity index (χ0v) is 15.8. The number of hydrogen-bond donors (Lipinski definition) is 3. The number of anilines is 2. The van der Waals surface area contributed by atoms with Gasteiger partial charge < -0.3 is 21.7 Å². The van der Waals surface area contributed by atoms with E-state index < -0.39 is 0 Å². The van der Waals surface area contributed by atoms with E-state index >= 15 is 0 Å². The van der Waals surface area contributed by atoms with Gasteiger partial charge in [-0.3, -0.25) is 14.4 Å². The zero-order valence-electron chi connectivity index (χ0n) is 15.8. The number of primary amides is 1. The molecule has 7 nitrogen and oxygen atoms in total. The first kappa shape index (κ1) is 19.4. The number of likely N-dealkylation sites (tertiary alicyclic amines) is 1. The summed E-state index contributed by atoms with van der Waals surface area (Å²) in [4.78, 5) is 38.7. The number of amides is 3. The Kier molecular flexibility index (Phi) is 5.63. The molecule has 1 fully saturated rings. The van der Waals surface area contributed by atoms with Gasteiger partial charge in [-0.05, 0) is 49.6 Å². The monoisotopic (exact) mass is 380 g/mol. The third-order valence-corrected chi connectivity index (χ3v) is 5.10. The van der Waals surface area contributed by atoms with Crippen LogP contribution in [0.25, 0.3) is 0 Å². The molecule has 146 valence electrons. The molecule has 0 atom stereocenters. The zero-order chi connectivity index (χ0) is 20.3. The maximum absolute atomic E-state index is 13.0. The molecule has 0 bridgehead atoms. The average molecular weight is 380 g/mol. The van der Waals surface area contributed by atoms with Gasteiger partial charge in [-0.15, -0.1) is 0 Å². The van der Waals surface area contributed by atoms with Crippen molar-refractivity contribution < 1.29 is 14.4 Å². The molecular weight excluding hydrogens is 356 g/mol. The van der Waals surface area contributed by atoms with Gasteiger partial charge in [0.15, 0.2) is 0 Å². The van der Waals surface area contributed by atoms with Crippen LogP contribution >= 0.6 is 0 Å². The molecule has 28 heavy (non-hydrogen) atoms. The summed E-state index contributed by atoms with van der Waals surface area (Å²) in [5.74, 6) is -1.01. The number of aryl methyl sites for hydroxylation is 1. The molecule has 7 heteroatoms. The number of carbonyl (C=O) groups excluding carboxylic acids is 3. The molecule has 1 saturated heterocycles. The predicted molar refractivity (Wildman–Crippen MR) is 108 cm³/mol. The fraction of sp³-hybridized carbons (Fsp3) is 0.286. The van der Waals surface area contributed by atoms with Gasteiger partial charge in [0.25, 0.3) is 11.8 Å². The van der Waals surface area contributed by atoms with Crippen LogP contribution in [0.4, 0.5) is 11.4 Å². The Labute approximate surface area is 163 Å². The van der Waals surface area contributed by atoms with Crippen LogP contribution in [0.15, 0.2) is 42.5 Å². The molecule has 0 radical (unpaired) electrons. The summed E-state index contributed by atoms with van der Waals surface area (Å²) in [6.45, 7) is 2.75. The maximum atomic E-state index is 13.0. The largest absolute Gasteiger partial charge is 0.399 e. The molecule has 1 aliphatic heterocycles. The van der Waals surface area contributed by atoms with Crippen molar-refractivity contribution in [3.63, 3.8) is 0 Å². The number of nitrogens with two attached hydrogens (primary N) is 2. The van der Waals surface area contributed by atoms with E-state index in [1.54, 1.807) is 47.4 Å². The molecule has 3 amide bonds. The van der Waals surface area contributed by atoms with Crippen LogP contribution in [-0.4, -0.2) is 35.7 Å². The van der Waals surface area contributed by atoms with Crippen LogP contribution in [0.1, 0.15) is 39.1 Å². The minimum absolute atomic E-state index is 0.178. The van der Waals surface area contributed by atoms with E-state index in [1.165, 1.54) is 0 Å². The van der Waals surface area contributed by atoms with Crippen LogP contribution in [0.2, 0.25) is 0 Å². The van der Waals surface area contributed by atoms with Gasteiger partial charge in [0, 0.05) is 30.3 Å². The number of hydrogen-bond acceptors (Lipinski definition) is 4. The standard InChI is InChI=1S/C21H24N4O3/c1-13-6-7-15(22)12-17(13)20(27)24-18-5-3-2-4-16(18)21(28)25-10-8-14(9-11-25)19(23)26/h2-7,12,14H,8-11,22H2,1H3,(H2,23,26)(H,24,27). The van der Waals surface area contributed by atoms with Gasteiger partial charge in [0.05, 0.1) is 11.3 Å². The molecule has 1 aliphatic rings. The molecule has 3 rings (SSSR count). The summed E-state index contributed by atoms with van der Waals surface area (Å²) < 4.78 is 0. The Morgan fingerprint density at radius 3 is 2.39 bits per heavy atom. The van der Waals surface area contributed by atoms with Gasteiger partial charge in [-0.1, -0.05) is 18.2 Å². The van der Waals surface area contributed by atoms with Gasteiger partial charge in [0.1, 0.15) is 0 Å². The van der Waals surface area contributed by atoms with E-state index in [1.807, 2.05) is 6.92 Å². The Hall–Kier alpha value is -3.35. The van der Waals surface area contributed by atoms with E-state index in [0.29, 0.717) is 48.4 Å². The van der Waals surface area contributed by atoms with Crippen molar-refractivity contribution in [3.05, 3.63) is 59.2 Å². The summed E-state index contributed by atoms with van der Waals surface area (Å²) in [5, 5.41) is 2.83. The lowest BCUT2D eigenvalue weighted by molar-refractivity contribution is -0.123. The molecular formula is C21H24N4O3. The Balaban J connectivity index is 1.78. The topological polar surface area (TPSA) is 119 Å². The lowest BCUT2D eigenvalue weighted by Gasteiger charge is -2.31. The average Bonchev–Trinajstić information content (AvgIpc) is 2.69. The molecule has 2 aromatic rings. The quantitative estimate of drug-likeness (QED) is 0.704. The number of benzene rings is 2. The van der Waals surface area contributed by atoms with Crippen molar-refractivity contribution in [1.82, 2.24) is 4.90 Å². The number of nitrogen functional groups attached to an aromatic ring is 1. The van der Waals surface area contributed by atoms with E-state index in [4.69, 9.17) is 11.5 Å². The second-order valence-corrected chi connectivity index (χ2v) is 7.04. The second kappa shape index (κ2) is 8.12. The van der Waals surface area contributed by atoms with Crippen molar-refractivity contribution in [2.75, 3.05) is 24.1 Å². The summed E-state index contributed by atoms with van der Waals surface area (Å²) in [7, 11) is 0. The molecule has 2 aromatic carbocycles. The molecule has 0 saturated carbocycles. The maximum Gasteiger partial charge on any atom is 0.256 e. The molecule has 5 N–H and O–H groups in total. The highest BCUT2D eigenvalue weighted by molar-refractivity contribution is 6.09. The second-order valence-electron chi connectivity index (χ2n) is 7.04. The Morgan fingerprint density at radius 2 is 1.71 bits per heavy atom. The number of piperidine rings is 1. The third-order valence-electron chi connectivity index (χ3n) is 5.10. The number of para-hydroxylation sites is 1. The van der Waals surface area contributed by atoms with Crippen LogP contribution in [-0.2, 0) is 4.79 Å².